The lowest BCUT2D eigenvalue weighted by atomic mass is 9.99. The van der Waals surface area contributed by atoms with E-state index in [1.165, 1.54) is 0 Å². The van der Waals surface area contributed by atoms with Crippen molar-refractivity contribution in [3.63, 3.8) is 0 Å². The summed E-state index contributed by atoms with van der Waals surface area (Å²) in [6.45, 7) is 8.28. The van der Waals surface area contributed by atoms with E-state index in [1.54, 1.807) is 18.4 Å². The van der Waals surface area contributed by atoms with Gasteiger partial charge in [-0.15, -0.1) is 11.3 Å². The number of rotatable bonds is 6. The van der Waals surface area contributed by atoms with E-state index in [4.69, 9.17) is 14.8 Å². The Kier molecular flexibility index (Phi) is 9.91. The van der Waals surface area contributed by atoms with Crippen LogP contribution in [0.3, 0.4) is 0 Å². The van der Waals surface area contributed by atoms with Gasteiger partial charge in [0.05, 0.1) is 30.3 Å². The Hall–Kier alpha value is -1.92. The monoisotopic (exact) mass is 377 g/mol. The van der Waals surface area contributed by atoms with Gasteiger partial charge >= 0.3 is 0 Å². The average molecular weight is 378 g/mol. The minimum Gasteiger partial charge on any atom is -0.501 e. The highest BCUT2D eigenvalue weighted by Crippen LogP contribution is 2.23. The van der Waals surface area contributed by atoms with Gasteiger partial charge in [0.15, 0.2) is 5.13 Å². The fourth-order valence-electron chi connectivity index (χ4n) is 2.54. The predicted molar refractivity (Wildman–Crippen MR) is 112 cm³/mol. The summed E-state index contributed by atoms with van der Waals surface area (Å²) < 4.78 is 5.46. The van der Waals surface area contributed by atoms with Gasteiger partial charge in [-0.05, 0) is 33.8 Å². The molecule has 6 heteroatoms. The molecule has 144 valence electrons. The lowest BCUT2D eigenvalue weighted by Gasteiger charge is -2.15. The first-order valence-corrected chi connectivity index (χ1v) is 9.67. The molecule has 0 amide bonds. The van der Waals surface area contributed by atoms with Crippen molar-refractivity contribution in [3.05, 3.63) is 47.2 Å². The lowest BCUT2D eigenvalue weighted by molar-refractivity contribution is 0.282. The van der Waals surface area contributed by atoms with Gasteiger partial charge in [-0.2, -0.15) is 0 Å². The maximum absolute atomic E-state index is 7.00. The van der Waals surface area contributed by atoms with Crippen molar-refractivity contribution in [2.24, 2.45) is 10.9 Å². The number of methoxy groups -OCH3 is 1. The van der Waals surface area contributed by atoms with E-state index in [0.29, 0.717) is 6.04 Å². The number of thiazole rings is 1. The molecular formula is C20H31N3O2S. The van der Waals surface area contributed by atoms with Crippen molar-refractivity contribution in [1.29, 1.82) is 0 Å². The number of aliphatic imine (C=N–C) groups is 1. The number of hydrogen-bond donors (Lipinski definition) is 2. The molecule has 0 fully saturated rings. The van der Waals surface area contributed by atoms with Gasteiger partial charge in [0.25, 0.3) is 0 Å². The highest BCUT2D eigenvalue weighted by molar-refractivity contribution is 7.13. The highest BCUT2D eigenvalue weighted by atomic mass is 32.1. The summed E-state index contributed by atoms with van der Waals surface area (Å²) in [6, 6.07) is 0.401. The third-order valence-electron chi connectivity index (χ3n) is 3.73. The molecule has 26 heavy (non-hydrogen) atoms. The predicted octanol–water partition coefficient (Wildman–Crippen LogP) is 4.43. The number of anilines is 1. The number of aliphatic hydroxyl groups excluding tert-OH is 1. The third kappa shape index (κ3) is 6.77. The SMILES string of the molecule is C/C=C\C1C=CCC(OC)=CC1N=C(C)c1csc(NC(C)C)n1.CO. The summed E-state index contributed by atoms with van der Waals surface area (Å²) >= 11 is 1.62. The molecule has 2 rings (SSSR count). The van der Waals surface area contributed by atoms with E-state index in [-0.39, 0.29) is 12.0 Å². The molecule has 5 nitrogen and oxygen atoms in total. The van der Waals surface area contributed by atoms with Gasteiger partial charge in [-0.3, -0.25) is 4.99 Å². The summed E-state index contributed by atoms with van der Waals surface area (Å²) in [6.07, 6.45) is 11.5. The topological polar surface area (TPSA) is 66.7 Å². The molecule has 2 atom stereocenters. The van der Waals surface area contributed by atoms with Crippen LogP contribution in [0, 0.1) is 5.92 Å². The zero-order valence-electron chi connectivity index (χ0n) is 16.6. The minimum absolute atomic E-state index is 0.0260. The molecule has 0 saturated heterocycles. The highest BCUT2D eigenvalue weighted by Gasteiger charge is 2.18. The Morgan fingerprint density at radius 3 is 2.81 bits per heavy atom. The van der Waals surface area contributed by atoms with Crippen LogP contribution in [0.4, 0.5) is 5.13 Å². The van der Waals surface area contributed by atoms with Crippen LogP contribution in [0.25, 0.3) is 0 Å². The normalized spacial score (nSPS) is 20.5. The fraction of sp³-hybridized carbons (Fsp3) is 0.500. The number of nitrogens with one attached hydrogen (secondary N) is 1. The third-order valence-corrected chi connectivity index (χ3v) is 4.51. The van der Waals surface area contributed by atoms with Crippen molar-refractivity contribution in [1.82, 2.24) is 4.98 Å². The molecule has 1 aliphatic rings. The summed E-state index contributed by atoms with van der Waals surface area (Å²) in [7, 11) is 2.72. The molecule has 0 radical (unpaired) electrons. The van der Waals surface area contributed by atoms with E-state index in [2.05, 4.69) is 59.9 Å². The first-order valence-electron chi connectivity index (χ1n) is 8.79. The standard InChI is InChI=1S/C19H27N3OS.CH4O/c1-6-8-15-9-7-10-16(23-5)11-17(15)21-14(4)18-12-24-19(22-18)20-13(2)3;1-2/h6-9,11-13,15,17H,10H2,1-5H3,(H,20,22);2H,1H3/b8-6-,21-14?;. The molecule has 0 saturated carbocycles. The van der Waals surface area contributed by atoms with E-state index in [0.717, 1.165) is 35.8 Å². The number of aliphatic hydroxyl groups is 1. The smallest absolute Gasteiger partial charge is 0.183 e. The maximum Gasteiger partial charge on any atom is 0.183 e. The van der Waals surface area contributed by atoms with Crippen LogP contribution >= 0.6 is 11.3 Å². The molecule has 1 aliphatic carbocycles. The number of aromatic nitrogens is 1. The van der Waals surface area contributed by atoms with Crippen molar-refractivity contribution in [3.8, 4) is 0 Å². The van der Waals surface area contributed by atoms with E-state index < -0.39 is 0 Å². The molecule has 0 bridgehead atoms. The van der Waals surface area contributed by atoms with E-state index in [9.17, 15) is 0 Å². The molecule has 2 N–H and O–H groups in total. The number of hydrogen-bond acceptors (Lipinski definition) is 6. The number of ether oxygens (including phenoxy) is 1. The first-order chi connectivity index (χ1) is 12.5. The molecule has 1 aromatic rings. The van der Waals surface area contributed by atoms with Crippen LogP contribution in [0.15, 0.2) is 46.5 Å². The second kappa shape index (κ2) is 11.6. The van der Waals surface area contributed by atoms with Crippen molar-refractivity contribution in [2.75, 3.05) is 19.5 Å². The van der Waals surface area contributed by atoms with Crippen LogP contribution in [0.2, 0.25) is 0 Å². The summed E-state index contributed by atoms with van der Waals surface area (Å²) in [5, 5.41) is 13.3. The number of allylic oxidation sites excluding steroid dienone is 2. The van der Waals surface area contributed by atoms with Gasteiger partial charge in [0, 0.05) is 30.9 Å². The van der Waals surface area contributed by atoms with Crippen LogP contribution in [0.1, 0.15) is 39.8 Å². The average Bonchev–Trinajstić information content (AvgIpc) is 3.00. The molecule has 0 spiro atoms. The molecule has 2 unspecified atom stereocenters. The zero-order chi connectivity index (χ0) is 19.5. The van der Waals surface area contributed by atoms with E-state index >= 15 is 0 Å². The van der Waals surface area contributed by atoms with Gasteiger partial charge < -0.3 is 15.2 Å². The first kappa shape index (κ1) is 22.1. The summed E-state index contributed by atoms with van der Waals surface area (Å²) in [5.41, 5.74) is 1.88. The van der Waals surface area contributed by atoms with Crippen LogP contribution in [0.5, 0.6) is 0 Å². The van der Waals surface area contributed by atoms with Gasteiger partial charge in [0.2, 0.25) is 0 Å². The van der Waals surface area contributed by atoms with Crippen LogP contribution in [-0.2, 0) is 4.74 Å². The van der Waals surface area contributed by atoms with Crippen molar-refractivity contribution >= 4 is 22.2 Å². The van der Waals surface area contributed by atoms with Gasteiger partial charge in [-0.1, -0.05) is 24.3 Å². The maximum atomic E-state index is 7.00. The largest absolute Gasteiger partial charge is 0.501 e. The minimum atomic E-state index is 0.0260. The molecule has 0 aromatic carbocycles. The van der Waals surface area contributed by atoms with Gasteiger partial charge in [0.1, 0.15) is 0 Å². The van der Waals surface area contributed by atoms with E-state index in [1.807, 2.05) is 13.8 Å². The molecule has 1 heterocycles. The van der Waals surface area contributed by atoms with Crippen molar-refractivity contribution in [2.45, 2.75) is 46.2 Å². The molecule has 1 aromatic heterocycles. The second-order valence-electron chi connectivity index (χ2n) is 6.11. The Morgan fingerprint density at radius 2 is 2.19 bits per heavy atom. The molecular weight excluding hydrogens is 346 g/mol. The lowest BCUT2D eigenvalue weighted by Crippen LogP contribution is -2.15. The summed E-state index contributed by atoms with van der Waals surface area (Å²) in [4.78, 5) is 9.57. The Balaban J connectivity index is 0.00000163. The van der Waals surface area contributed by atoms with Crippen molar-refractivity contribution < 1.29 is 9.84 Å². The summed E-state index contributed by atoms with van der Waals surface area (Å²) in [5.74, 6) is 1.20. The number of nitrogens with zero attached hydrogens (tertiary/aromatic N) is 2. The van der Waals surface area contributed by atoms with Crippen LogP contribution < -0.4 is 5.32 Å². The zero-order valence-corrected chi connectivity index (χ0v) is 17.4. The quantitative estimate of drug-likeness (QED) is 0.568. The Labute approximate surface area is 161 Å². The molecule has 0 aliphatic heterocycles. The Morgan fingerprint density at radius 1 is 1.46 bits per heavy atom. The fourth-order valence-corrected chi connectivity index (χ4v) is 3.44. The van der Waals surface area contributed by atoms with Gasteiger partial charge in [-0.25, -0.2) is 4.98 Å². The second-order valence-corrected chi connectivity index (χ2v) is 6.97. The Bertz CT molecular complexity index is 660. The van der Waals surface area contributed by atoms with Crippen LogP contribution in [-0.4, -0.2) is 42.1 Å².